The SMILES string of the molecule is CN=C(NCc1noc(C)n1)N1CCS(=O)(=O)C(C)(C)C1. The van der Waals surface area contributed by atoms with Gasteiger partial charge >= 0.3 is 0 Å². The van der Waals surface area contributed by atoms with Crippen molar-refractivity contribution in [2.45, 2.75) is 32.1 Å². The molecule has 1 aliphatic heterocycles. The number of aryl methyl sites for hydroxylation is 1. The third kappa shape index (κ3) is 3.34. The molecule has 0 radical (unpaired) electrons. The van der Waals surface area contributed by atoms with Gasteiger partial charge in [-0.1, -0.05) is 5.16 Å². The topological polar surface area (TPSA) is 101 Å². The lowest BCUT2D eigenvalue weighted by atomic mass is 10.2. The first-order valence-corrected chi connectivity index (χ1v) is 8.37. The monoisotopic (exact) mass is 315 g/mol. The summed E-state index contributed by atoms with van der Waals surface area (Å²) in [7, 11) is -1.40. The fourth-order valence-corrected chi connectivity index (χ4v) is 3.59. The highest BCUT2D eigenvalue weighted by Gasteiger charge is 2.40. The first-order valence-electron chi connectivity index (χ1n) is 6.72. The third-order valence-electron chi connectivity index (χ3n) is 3.53. The van der Waals surface area contributed by atoms with Crippen LogP contribution in [0.3, 0.4) is 0 Å². The van der Waals surface area contributed by atoms with E-state index in [0.29, 0.717) is 37.3 Å². The van der Waals surface area contributed by atoms with E-state index in [1.807, 2.05) is 4.90 Å². The summed E-state index contributed by atoms with van der Waals surface area (Å²) in [5, 5.41) is 6.93. The van der Waals surface area contributed by atoms with Gasteiger partial charge in [0.05, 0.1) is 17.0 Å². The van der Waals surface area contributed by atoms with Crippen molar-refractivity contribution in [3.8, 4) is 0 Å². The van der Waals surface area contributed by atoms with Crippen LogP contribution >= 0.6 is 0 Å². The Morgan fingerprint density at radius 3 is 2.76 bits per heavy atom. The van der Waals surface area contributed by atoms with Crippen molar-refractivity contribution in [3.05, 3.63) is 11.7 Å². The number of sulfone groups is 1. The maximum Gasteiger partial charge on any atom is 0.223 e. The van der Waals surface area contributed by atoms with Gasteiger partial charge in [-0.15, -0.1) is 0 Å². The zero-order chi connectivity index (χ0) is 15.7. The molecule has 118 valence electrons. The number of aliphatic imine (C=N–C) groups is 1. The molecule has 8 nitrogen and oxygen atoms in total. The second kappa shape index (κ2) is 5.63. The Kier molecular flexibility index (Phi) is 4.22. The Hall–Kier alpha value is -1.64. The Morgan fingerprint density at radius 1 is 1.52 bits per heavy atom. The first kappa shape index (κ1) is 15.7. The molecular weight excluding hydrogens is 294 g/mol. The van der Waals surface area contributed by atoms with Crippen molar-refractivity contribution >= 4 is 15.8 Å². The first-order chi connectivity index (χ1) is 9.75. The third-order valence-corrected chi connectivity index (χ3v) is 6.06. The number of hydrogen-bond donors (Lipinski definition) is 1. The molecule has 1 aliphatic rings. The minimum Gasteiger partial charge on any atom is -0.349 e. The lowest BCUT2D eigenvalue weighted by Gasteiger charge is -2.39. The van der Waals surface area contributed by atoms with Gasteiger partial charge in [0.25, 0.3) is 0 Å². The molecule has 1 saturated heterocycles. The Morgan fingerprint density at radius 2 is 2.24 bits per heavy atom. The average molecular weight is 315 g/mol. The molecule has 2 rings (SSSR count). The van der Waals surface area contributed by atoms with E-state index in [1.165, 1.54) is 0 Å². The maximum absolute atomic E-state index is 12.0. The molecule has 1 fully saturated rings. The van der Waals surface area contributed by atoms with Gasteiger partial charge in [0, 0.05) is 27.1 Å². The fourth-order valence-electron chi connectivity index (χ4n) is 2.23. The summed E-state index contributed by atoms with van der Waals surface area (Å²) in [5.41, 5.74) is 0. The van der Waals surface area contributed by atoms with Crippen molar-refractivity contribution in [2.75, 3.05) is 25.9 Å². The van der Waals surface area contributed by atoms with E-state index in [4.69, 9.17) is 4.52 Å². The minimum absolute atomic E-state index is 0.127. The predicted molar refractivity (Wildman–Crippen MR) is 78.7 cm³/mol. The molecule has 0 saturated carbocycles. The van der Waals surface area contributed by atoms with Crippen molar-refractivity contribution in [2.24, 2.45) is 4.99 Å². The fraction of sp³-hybridized carbons (Fsp3) is 0.750. The van der Waals surface area contributed by atoms with Gasteiger partial charge in [0.2, 0.25) is 5.89 Å². The summed E-state index contributed by atoms with van der Waals surface area (Å²) in [6, 6.07) is 0. The summed E-state index contributed by atoms with van der Waals surface area (Å²) in [6.07, 6.45) is 0. The summed E-state index contributed by atoms with van der Waals surface area (Å²) in [4.78, 5) is 10.2. The molecule has 1 aromatic heterocycles. The standard InChI is InChI=1S/C12H21N5O3S/c1-9-15-10(16-20-9)7-14-11(13-4)17-5-6-21(18,19)12(2,3)8-17/h5-8H2,1-4H3,(H,13,14). The van der Waals surface area contributed by atoms with Crippen molar-refractivity contribution in [1.29, 1.82) is 0 Å². The molecule has 0 aromatic carbocycles. The molecule has 9 heteroatoms. The van der Waals surface area contributed by atoms with E-state index < -0.39 is 14.6 Å². The molecule has 0 bridgehead atoms. The Labute approximate surface area is 124 Å². The van der Waals surface area contributed by atoms with E-state index in [9.17, 15) is 8.42 Å². The van der Waals surface area contributed by atoms with Gasteiger partial charge in [0.15, 0.2) is 21.6 Å². The number of hydrogen-bond acceptors (Lipinski definition) is 6. The highest BCUT2D eigenvalue weighted by Crippen LogP contribution is 2.23. The van der Waals surface area contributed by atoms with Gasteiger partial charge in [-0.2, -0.15) is 4.98 Å². The predicted octanol–water partition coefficient (Wildman–Crippen LogP) is -0.0376. The highest BCUT2D eigenvalue weighted by atomic mass is 32.2. The van der Waals surface area contributed by atoms with Gasteiger partial charge < -0.3 is 14.7 Å². The van der Waals surface area contributed by atoms with Crippen LogP contribution in [0.4, 0.5) is 0 Å². The summed E-state index contributed by atoms with van der Waals surface area (Å²) in [5.74, 6) is 1.81. The van der Waals surface area contributed by atoms with Crippen LogP contribution in [0.25, 0.3) is 0 Å². The van der Waals surface area contributed by atoms with Crippen LogP contribution in [0.2, 0.25) is 0 Å². The number of nitrogens with one attached hydrogen (secondary N) is 1. The summed E-state index contributed by atoms with van der Waals surface area (Å²) >= 11 is 0. The molecule has 1 N–H and O–H groups in total. The van der Waals surface area contributed by atoms with E-state index in [-0.39, 0.29) is 5.75 Å². The highest BCUT2D eigenvalue weighted by molar-refractivity contribution is 7.92. The molecule has 2 heterocycles. The molecule has 0 unspecified atom stereocenters. The molecule has 0 atom stereocenters. The number of rotatable bonds is 2. The molecule has 0 amide bonds. The summed E-state index contributed by atoms with van der Waals surface area (Å²) in [6.45, 7) is 6.42. The van der Waals surface area contributed by atoms with Gasteiger partial charge in [0.1, 0.15) is 0 Å². The lowest BCUT2D eigenvalue weighted by molar-refractivity contribution is 0.352. The molecule has 1 aromatic rings. The second-order valence-corrected chi connectivity index (χ2v) is 8.37. The van der Waals surface area contributed by atoms with Crippen LogP contribution < -0.4 is 5.32 Å². The van der Waals surface area contributed by atoms with Gasteiger partial charge in [-0.05, 0) is 13.8 Å². The quantitative estimate of drug-likeness (QED) is 0.604. The summed E-state index contributed by atoms with van der Waals surface area (Å²) < 4.78 is 28.2. The van der Waals surface area contributed by atoms with Crippen LogP contribution in [0, 0.1) is 6.92 Å². The van der Waals surface area contributed by atoms with Crippen LogP contribution in [0.1, 0.15) is 25.6 Å². The normalized spacial score (nSPS) is 21.3. The smallest absolute Gasteiger partial charge is 0.223 e. The number of nitrogens with zero attached hydrogens (tertiary/aromatic N) is 4. The number of guanidine groups is 1. The van der Waals surface area contributed by atoms with Crippen molar-refractivity contribution in [3.63, 3.8) is 0 Å². The Balaban J connectivity index is 2.02. The second-order valence-electron chi connectivity index (χ2n) is 5.63. The van der Waals surface area contributed by atoms with E-state index in [1.54, 1.807) is 27.8 Å². The van der Waals surface area contributed by atoms with Gasteiger partial charge in [-0.3, -0.25) is 4.99 Å². The van der Waals surface area contributed by atoms with Crippen molar-refractivity contribution < 1.29 is 12.9 Å². The largest absolute Gasteiger partial charge is 0.349 e. The van der Waals surface area contributed by atoms with E-state index in [2.05, 4.69) is 20.4 Å². The van der Waals surface area contributed by atoms with Crippen molar-refractivity contribution in [1.82, 2.24) is 20.4 Å². The van der Waals surface area contributed by atoms with Crippen LogP contribution in [0.15, 0.2) is 9.52 Å². The average Bonchev–Trinajstić information content (AvgIpc) is 2.80. The van der Waals surface area contributed by atoms with Gasteiger partial charge in [-0.25, -0.2) is 8.42 Å². The lowest BCUT2D eigenvalue weighted by Crippen LogP contribution is -2.57. The van der Waals surface area contributed by atoms with Crippen LogP contribution in [0.5, 0.6) is 0 Å². The van der Waals surface area contributed by atoms with E-state index in [0.717, 1.165) is 0 Å². The molecule has 0 spiro atoms. The molecule has 0 aliphatic carbocycles. The zero-order valence-electron chi connectivity index (χ0n) is 12.8. The van der Waals surface area contributed by atoms with Crippen LogP contribution in [-0.2, 0) is 16.4 Å². The van der Waals surface area contributed by atoms with E-state index >= 15 is 0 Å². The Bertz CT molecular complexity index is 635. The molecular formula is C12H21N5O3S. The molecule has 21 heavy (non-hydrogen) atoms. The van der Waals surface area contributed by atoms with Crippen LogP contribution in [-0.4, -0.2) is 60.1 Å². The maximum atomic E-state index is 12.0. The zero-order valence-corrected chi connectivity index (χ0v) is 13.6. The number of aromatic nitrogens is 2. The minimum atomic E-state index is -3.06.